The van der Waals surface area contributed by atoms with Crippen LogP contribution in [0.1, 0.15) is 24.2 Å². The van der Waals surface area contributed by atoms with Gasteiger partial charge in [0, 0.05) is 45.5 Å². The third kappa shape index (κ3) is 2.93. The predicted molar refractivity (Wildman–Crippen MR) is 81.2 cm³/mol. The summed E-state index contributed by atoms with van der Waals surface area (Å²) in [6.07, 6.45) is 1.67. The lowest BCUT2D eigenvalue weighted by Crippen LogP contribution is -2.55. The molecule has 2 heterocycles. The smallest absolute Gasteiger partial charge is 0.254 e. The van der Waals surface area contributed by atoms with Crippen LogP contribution in [0.5, 0.6) is 0 Å². The Morgan fingerprint density at radius 3 is 2.30 bits per heavy atom. The van der Waals surface area contributed by atoms with Crippen LogP contribution >= 0.6 is 0 Å². The number of hydrogen-bond acceptors (Lipinski definition) is 4. The quantitative estimate of drug-likeness (QED) is 0.816. The van der Waals surface area contributed by atoms with E-state index in [1.807, 2.05) is 12.1 Å². The standard InChI is InChI=1S/C15H24N4O/c1-11-9-19(10-12(2)18(11)5)14-7-6-13(8-16-14)15(20)17(3)4/h6-8,11-12H,9-10H2,1-5H3/t11-,12+. The highest BCUT2D eigenvalue weighted by molar-refractivity contribution is 5.93. The number of anilines is 1. The van der Waals surface area contributed by atoms with E-state index in [1.54, 1.807) is 25.2 Å². The average molecular weight is 276 g/mol. The lowest BCUT2D eigenvalue weighted by Gasteiger charge is -2.43. The second kappa shape index (κ2) is 5.79. The molecule has 0 aliphatic carbocycles. The Bertz CT molecular complexity index is 459. The van der Waals surface area contributed by atoms with Crippen molar-refractivity contribution in [2.75, 3.05) is 39.1 Å². The minimum absolute atomic E-state index is 0.0100. The Balaban J connectivity index is 2.12. The summed E-state index contributed by atoms with van der Waals surface area (Å²) < 4.78 is 0. The molecule has 1 saturated heterocycles. The first kappa shape index (κ1) is 14.8. The van der Waals surface area contributed by atoms with Crippen LogP contribution in [0.2, 0.25) is 0 Å². The maximum Gasteiger partial charge on any atom is 0.254 e. The zero-order chi connectivity index (χ0) is 14.9. The summed E-state index contributed by atoms with van der Waals surface area (Å²) in [7, 11) is 5.67. The van der Waals surface area contributed by atoms with Crippen molar-refractivity contribution < 1.29 is 4.79 Å². The number of piperazine rings is 1. The third-order valence-corrected chi connectivity index (χ3v) is 4.08. The van der Waals surface area contributed by atoms with Gasteiger partial charge in [-0.05, 0) is 33.0 Å². The van der Waals surface area contributed by atoms with Crippen LogP contribution in [-0.2, 0) is 0 Å². The van der Waals surface area contributed by atoms with E-state index in [4.69, 9.17) is 0 Å². The molecule has 0 radical (unpaired) electrons. The number of aromatic nitrogens is 1. The van der Waals surface area contributed by atoms with Crippen LogP contribution in [0.25, 0.3) is 0 Å². The molecule has 1 aromatic heterocycles. The summed E-state index contributed by atoms with van der Waals surface area (Å²) >= 11 is 0. The Kier molecular flexibility index (Phi) is 4.28. The fourth-order valence-corrected chi connectivity index (χ4v) is 2.55. The number of amides is 1. The van der Waals surface area contributed by atoms with Gasteiger partial charge in [-0.15, -0.1) is 0 Å². The second-order valence-electron chi connectivity index (χ2n) is 5.87. The van der Waals surface area contributed by atoms with Crippen LogP contribution in [0, 0.1) is 0 Å². The molecular weight excluding hydrogens is 252 g/mol. The van der Waals surface area contributed by atoms with E-state index in [9.17, 15) is 4.79 Å². The molecule has 1 aliphatic heterocycles. The number of carbonyl (C=O) groups is 1. The first-order valence-electron chi connectivity index (χ1n) is 7.04. The zero-order valence-electron chi connectivity index (χ0n) is 13.0. The lowest BCUT2D eigenvalue weighted by atomic mass is 10.1. The summed E-state index contributed by atoms with van der Waals surface area (Å²) in [6, 6.07) is 4.81. The summed E-state index contributed by atoms with van der Waals surface area (Å²) in [5.41, 5.74) is 0.633. The Labute approximate surface area is 121 Å². The first-order chi connectivity index (χ1) is 9.40. The third-order valence-electron chi connectivity index (χ3n) is 4.08. The second-order valence-corrected chi connectivity index (χ2v) is 5.87. The van der Waals surface area contributed by atoms with Crippen molar-refractivity contribution >= 4 is 11.7 Å². The summed E-state index contributed by atoms with van der Waals surface area (Å²) in [4.78, 5) is 22.6. The normalized spacial score (nSPS) is 23.8. The van der Waals surface area contributed by atoms with Crippen molar-refractivity contribution in [3.63, 3.8) is 0 Å². The SMILES string of the molecule is C[C@@H]1CN(c2ccc(C(=O)N(C)C)cn2)C[C@H](C)N1C. The highest BCUT2D eigenvalue weighted by Crippen LogP contribution is 2.19. The van der Waals surface area contributed by atoms with Crippen LogP contribution in [0.4, 0.5) is 5.82 Å². The van der Waals surface area contributed by atoms with Crippen molar-refractivity contribution in [1.29, 1.82) is 0 Å². The van der Waals surface area contributed by atoms with E-state index < -0.39 is 0 Å². The molecule has 1 fully saturated rings. The van der Waals surface area contributed by atoms with Crippen molar-refractivity contribution in [2.24, 2.45) is 0 Å². The molecule has 5 heteroatoms. The van der Waals surface area contributed by atoms with Crippen molar-refractivity contribution in [3.05, 3.63) is 23.9 Å². The molecule has 0 spiro atoms. The topological polar surface area (TPSA) is 39.7 Å². The van der Waals surface area contributed by atoms with E-state index in [1.165, 1.54) is 0 Å². The molecule has 1 amide bonds. The van der Waals surface area contributed by atoms with Gasteiger partial charge in [-0.3, -0.25) is 9.69 Å². The minimum Gasteiger partial charge on any atom is -0.354 e. The molecule has 0 aromatic carbocycles. The molecule has 0 N–H and O–H groups in total. The fraction of sp³-hybridized carbons (Fsp3) is 0.600. The molecule has 1 aliphatic rings. The minimum atomic E-state index is -0.0100. The van der Waals surface area contributed by atoms with Crippen LogP contribution in [0.15, 0.2) is 18.3 Å². The average Bonchev–Trinajstić information content (AvgIpc) is 2.43. The fourth-order valence-electron chi connectivity index (χ4n) is 2.55. The molecule has 2 rings (SSSR count). The number of likely N-dealkylation sites (N-methyl/N-ethyl adjacent to an activating group) is 1. The Morgan fingerprint density at radius 2 is 1.85 bits per heavy atom. The monoisotopic (exact) mass is 276 g/mol. The van der Waals surface area contributed by atoms with Gasteiger partial charge in [-0.1, -0.05) is 0 Å². The Morgan fingerprint density at radius 1 is 1.25 bits per heavy atom. The van der Waals surface area contributed by atoms with Gasteiger partial charge in [-0.2, -0.15) is 0 Å². The molecule has 0 unspecified atom stereocenters. The molecule has 20 heavy (non-hydrogen) atoms. The van der Waals surface area contributed by atoms with Gasteiger partial charge in [0.25, 0.3) is 5.91 Å². The van der Waals surface area contributed by atoms with Gasteiger partial charge >= 0.3 is 0 Å². The molecular formula is C15H24N4O. The molecule has 110 valence electrons. The number of nitrogens with zero attached hydrogens (tertiary/aromatic N) is 4. The number of carbonyl (C=O) groups excluding carboxylic acids is 1. The maximum atomic E-state index is 11.8. The van der Waals surface area contributed by atoms with Crippen LogP contribution < -0.4 is 4.90 Å². The molecule has 2 atom stereocenters. The van der Waals surface area contributed by atoms with Crippen molar-refractivity contribution in [1.82, 2.24) is 14.8 Å². The van der Waals surface area contributed by atoms with Crippen LogP contribution in [-0.4, -0.2) is 67.0 Å². The van der Waals surface area contributed by atoms with Gasteiger partial charge < -0.3 is 9.80 Å². The van der Waals surface area contributed by atoms with E-state index in [-0.39, 0.29) is 5.91 Å². The predicted octanol–water partition coefficient (Wildman–Crippen LogP) is 1.31. The molecule has 0 bridgehead atoms. The largest absolute Gasteiger partial charge is 0.354 e. The molecule has 5 nitrogen and oxygen atoms in total. The number of pyridine rings is 1. The van der Waals surface area contributed by atoms with E-state index >= 15 is 0 Å². The highest BCUT2D eigenvalue weighted by Gasteiger charge is 2.27. The maximum absolute atomic E-state index is 11.8. The highest BCUT2D eigenvalue weighted by atomic mass is 16.2. The van der Waals surface area contributed by atoms with Gasteiger partial charge in [-0.25, -0.2) is 4.98 Å². The van der Waals surface area contributed by atoms with E-state index in [0.717, 1.165) is 18.9 Å². The summed E-state index contributed by atoms with van der Waals surface area (Å²) in [6.45, 7) is 6.39. The van der Waals surface area contributed by atoms with Gasteiger partial charge in [0.2, 0.25) is 0 Å². The summed E-state index contributed by atoms with van der Waals surface area (Å²) in [5.74, 6) is 0.941. The Hall–Kier alpha value is -1.62. The van der Waals surface area contributed by atoms with E-state index in [0.29, 0.717) is 17.6 Å². The zero-order valence-corrected chi connectivity index (χ0v) is 13.0. The number of rotatable bonds is 2. The van der Waals surface area contributed by atoms with Gasteiger partial charge in [0.1, 0.15) is 5.82 Å². The van der Waals surface area contributed by atoms with Crippen molar-refractivity contribution in [2.45, 2.75) is 25.9 Å². The van der Waals surface area contributed by atoms with Gasteiger partial charge in [0.15, 0.2) is 0 Å². The van der Waals surface area contributed by atoms with Crippen molar-refractivity contribution in [3.8, 4) is 0 Å². The lowest BCUT2D eigenvalue weighted by molar-refractivity contribution is 0.0827. The molecule has 0 saturated carbocycles. The summed E-state index contributed by atoms with van der Waals surface area (Å²) in [5, 5.41) is 0. The first-order valence-corrected chi connectivity index (χ1v) is 7.04. The molecule has 1 aromatic rings. The number of hydrogen-bond donors (Lipinski definition) is 0. The van der Waals surface area contributed by atoms with Crippen LogP contribution in [0.3, 0.4) is 0 Å². The van der Waals surface area contributed by atoms with Gasteiger partial charge in [0.05, 0.1) is 5.56 Å². The van der Waals surface area contributed by atoms with E-state index in [2.05, 4.69) is 35.7 Å².